The van der Waals surface area contributed by atoms with Crippen LogP contribution in [-0.4, -0.2) is 29.9 Å². The fraction of sp³-hybridized carbons (Fsp3) is 0.273. The number of imide groups is 1. The number of hydrogen-bond donors (Lipinski definition) is 1. The van der Waals surface area contributed by atoms with Crippen molar-refractivity contribution in [1.82, 2.24) is 10.2 Å². The second-order valence-corrected chi connectivity index (χ2v) is 4.79. The Morgan fingerprint density at radius 2 is 2.05 bits per heavy atom. The minimum Gasteiger partial charge on any atom is -0.336 e. The zero-order valence-corrected chi connectivity index (χ0v) is 11.0. The molecule has 1 aliphatic rings. The van der Waals surface area contributed by atoms with Gasteiger partial charge in [-0.1, -0.05) is 15.9 Å². The van der Waals surface area contributed by atoms with Crippen LogP contribution in [-0.2, 0) is 6.18 Å². The Morgan fingerprint density at radius 3 is 2.58 bits per heavy atom. The lowest BCUT2D eigenvalue weighted by Crippen LogP contribution is -2.35. The number of rotatable bonds is 1. The van der Waals surface area contributed by atoms with Crippen LogP contribution in [0.1, 0.15) is 15.9 Å². The number of alkyl halides is 3. The summed E-state index contributed by atoms with van der Waals surface area (Å²) in [5.74, 6) is -0.949. The lowest BCUT2D eigenvalue weighted by Gasteiger charge is -2.17. The van der Waals surface area contributed by atoms with E-state index in [0.29, 0.717) is 0 Å². The molecular weight excluding hydrogens is 329 g/mol. The van der Waals surface area contributed by atoms with Gasteiger partial charge in [-0.2, -0.15) is 13.2 Å². The molecule has 0 aromatic heterocycles. The van der Waals surface area contributed by atoms with E-state index in [4.69, 9.17) is 0 Å². The van der Waals surface area contributed by atoms with E-state index in [1.807, 2.05) is 0 Å². The first-order chi connectivity index (χ1) is 8.80. The highest BCUT2D eigenvalue weighted by molar-refractivity contribution is 9.10. The zero-order chi connectivity index (χ0) is 14.2. The number of urea groups is 1. The minimum atomic E-state index is -4.66. The first kappa shape index (κ1) is 13.9. The van der Waals surface area contributed by atoms with Gasteiger partial charge in [0, 0.05) is 17.6 Å². The SMILES string of the molecule is O=C1NCCN1C(=O)c1ccc(Br)cc1C(F)(F)F. The zero-order valence-electron chi connectivity index (χ0n) is 9.42. The number of nitrogens with one attached hydrogen (secondary N) is 1. The maximum absolute atomic E-state index is 12.9. The average molecular weight is 337 g/mol. The van der Waals surface area contributed by atoms with Crippen LogP contribution in [0, 0.1) is 0 Å². The fourth-order valence-corrected chi connectivity index (χ4v) is 2.11. The number of hydrogen-bond acceptors (Lipinski definition) is 2. The van der Waals surface area contributed by atoms with Gasteiger partial charge in [0.2, 0.25) is 0 Å². The standard InChI is InChI=1S/C11H8BrF3N2O2/c12-6-1-2-7(8(5-6)11(13,14)15)9(18)17-4-3-16-10(17)19/h1-2,5H,3-4H2,(H,16,19). The molecule has 0 unspecified atom stereocenters. The van der Waals surface area contributed by atoms with Crippen LogP contribution in [0.15, 0.2) is 22.7 Å². The van der Waals surface area contributed by atoms with E-state index in [-0.39, 0.29) is 17.6 Å². The van der Waals surface area contributed by atoms with E-state index < -0.39 is 29.2 Å². The molecule has 4 nitrogen and oxygen atoms in total. The quantitative estimate of drug-likeness (QED) is 0.857. The molecule has 1 aromatic rings. The van der Waals surface area contributed by atoms with Gasteiger partial charge >= 0.3 is 12.2 Å². The summed E-state index contributed by atoms with van der Waals surface area (Å²) in [6.45, 7) is 0.299. The van der Waals surface area contributed by atoms with Crippen molar-refractivity contribution in [1.29, 1.82) is 0 Å². The third-order valence-electron chi connectivity index (χ3n) is 2.62. The van der Waals surface area contributed by atoms with Gasteiger partial charge in [0.25, 0.3) is 5.91 Å². The van der Waals surface area contributed by atoms with Gasteiger partial charge in [-0.15, -0.1) is 0 Å². The van der Waals surface area contributed by atoms with Crippen molar-refractivity contribution in [2.24, 2.45) is 0 Å². The Bertz CT molecular complexity index is 545. The van der Waals surface area contributed by atoms with Gasteiger partial charge in [0.1, 0.15) is 0 Å². The fourth-order valence-electron chi connectivity index (χ4n) is 1.75. The number of carbonyl (C=O) groups excluding carboxylic acids is 2. The van der Waals surface area contributed by atoms with Crippen LogP contribution in [0.2, 0.25) is 0 Å². The Balaban J connectivity index is 2.44. The summed E-state index contributed by atoms with van der Waals surface area (Å²) in [7, 11) is 0. The van der Waals surface area contributed by atoms with E-state index in [2.05, 4.69) is 21.2 Å². The molecule has 1 N–H and O–H groups in total. The lowest BCUT2D eigenvalue weighted by atomic mass is 10.1. The molecule has 0 spiro atoms. The van der Waals surface area contributed by atoms with Crippen LogP contribution in [0.5, 0.6) is 0 Å². The van der Waals surface area contributed by atoms with Crippen molar-refractivity contribution in [3.8, 4) is 0 Å². The molecule has 1 saturated heterocycles. The monoisotopic (exact) mass is 336 g/mol. The largest absolute Gasteiger partial charge is 0.417 e. The topological polar surface area (TPSA) is 49.4 Å². The second kappa shape index (κ2) is 4.84. The van der Waals surface area contributed by atoms with Crippen molar-refractivity contribution < 1.29 is 22.8 Å². The molecule has 102 valence electrons. The van der Waals surface area contributed by atoms with Crippen LogP contribution >= 0.6 is 15.9 Å². The summed E-state index contributed by atoms with van der Waals surface area (Å²) < 4.78 is 38.9. The molecule has 0 radical (unpaired) electrons. The minimum absolute atomic E-state index is 0.0605. The van der Waals surface area contributed by atoms with E-state index >= 15 is 0 Å². The molecule has 1 aliphatic heterocycles. The average Bonchev–Trinajstić information content (AvgIpc) is 2.73. The summed E-state index contributed by atoms with van der Waals surface area (Å²) in [4.78, 5) is 24.1. The van der Waals surface area contributed by atoms with Gasteiger partial charge in [-0.3, -0.25) is 9.69 Å². The summed E-state index contributed by atoms with van der Waals surface area (Å²) in [5, 5.41) is 2.37. The molecule has 1 heterocycles. The summed E-state index contributed by atoms with van der Waals surface area (Å²) in [5.41, 5.74) is -1.60. The predicted molar refractivity (Wildman–Crippen MR) is 63.6 cm³/mol. The van der Waals surface area contributed by atoms with Crippen molar-refractivity contribution in [3.05, 3.63) is 33.8 Å². The highest BCUT2D eigenvalue weighted by Crippen LogP contribution is 2.34. The van der Waals surface area contributed by atoms with Crippen molar-refractivity contribution in [3.63, 3.8) is 0 Å². The molecule has 3 amide bonds. The molecule has 0 aliphatic carbocycles. The summed E-state index contributed by atoms with van der Waals surface area (Å²) in [6.07, 6.45) is -4.66. The molecule has 1 fully saturated rings. The number of amides is 3. The molecule has 0 atom stereocenters. The molecule has 1 aromatic carbocycles. The van der Waals surface area contributed by atoms with Crippen LogP contribution in [0.4, 0.5) is 18.0 Å². The Labute approximate surface area is 114 Å². The molecule has 0 bridgehead atoms. The van der Waals surface area contributed by atoms with Gasteiger partial charge in [-0.25, -0.2) is 4.79 Å². The molecule has 2 rings (SSSR count). The van der Waals surface area contributed by atoms with Gasteiger partial charge in [0.05, 0.1) is 11.1 Å². The number of nitrogens with zero attached hydrogens (tertiary/aromatic N) is 1. The van der Waals surface area contributed by atoms with Crippen molar-refractivity contribution in [2.45, 2.75) is 6.18 Å². The third kappa shape index (κ3) is 2.73. The van der Waals surface area contributed by atoms with Crippen LogP contribution < -0.4 is 5.32 Å². The molecule has 19 heavy (non-hydrogen) atoms. The number of benzene rings is 1. The molecule has 0 saturated carbocycles. The second-order valence-electron chi connectivity index (χ2n) is 3.88. The van der Waals surface area contributed by atoms with Gasteiger partial charge in [-0.05, 0) is 18.2 Å². The van der Waals surface area contributed by atoms with E-state index in [0.717, 1.165) is 17.0 Å². The van der Waals surface area contributed by atoms with E-state index in [1.165, 1.54) is 6.07 Å². The molecular formula is C11H8BrF3N2O2. The predicted octanol–water partition coefficient (Wildman–Crippen LogP) is 2.63. The first-order valence-corrected chi connectivity index (χ1v) is 6.06. The Morgan fingerprint density at radius 1 is 1.37 bits per heavy atom. The highest BCUT2D eigenvalue weighted by atomic mass is 79.9. The molecule has 8 heteroatoms. The summed E-state index contributed by atoms with van der Waals surface area (Å²) >= 11 is 2.93. The van der Waals surface area contributed by atoms with E-state index in [9.17, 15) is 22.8 Å². The van der Waals surface area contributed by atoms with Crippen molar-refractivity contribution >= 4 is 27.9 Å². The third-order valence-corrected chi connectivity index (χ3v) is 3.11. The van der Waals surface area contributed by atoms with Crippen LogP contribution in [0.25, 0.3) is 0 Å². The van der Waals surface area contributed by atoms with Crippen molar-refractivity contribution in [2.75, 3.05) is 13.1 Å². The smallest absolute Gasteiger partial charge is 0.336 e. The summed E-state index contributed by atoms with van der Waals surface area (Å²) in [6, 6.07) is 2.53. The Hall–Kier alpha value is -1.57. The first-order valence-electron chi connectivity index (χ1n) is 5.27. The maximum Gasteiger partial charge on any atom is 0.417 e. The normalized spacial score (nSPS) is 15.6. The van der Waals surface area contributed by atoms with Crippen LogP contribution in [0.3, 0.4) is 0 Å². The number of halogens is 4. The maximum atomic E-state index is 12.9. The lowest BCUT2D eigenvalue weighted by molar-refractivity contribution is -0.138. The number of carbonyl (C=O) groups is 2. The highest BCUT2D eigenvalue weighted by Gasteiger charge is 2.38. The van der Waals surface area contributed by atoms with E-state index in [1.54, 1.807) is 0 Å². The Kier molecular flexibility index (Phi) is 3.53. The van der Waals surface area contributed by atoms with Gasteiger partial charge in [0.15, 0.2) is 0 Å². The van der Waals surface area contributed by atoms with Gasteiger partial charge < -0.3 is 5.32 Å².